The van der Waals surface area contributed by atoms with Gasteiger partial charge in [-0.05, 0) is 56.0 Å². The molecule has 0 radical (unpaired) electrons. The second-order valence-corrected chi connectivity index (χ2v) is 8.15. The van der Waals surface area contributed by atoms with E-state index in [0.717, 1.165) is 11.1 Å². The maximum absolute atomic E-state index is 13.0. The lowest BCUT2D eigenvalue weighted by Gasteiger charge is -2.28. The van der Waals surface area contributed by atoms with Crippen LogP contribution in [0.4, 0.5) is 10.5 Å². The summed E-state index contributed by atoms with van der Waals surface area (Å²) >= 11 is 0. The van der Waals surface area contributed by atoms with Gasteiger partial charge in [-0.1, -0.05) is 18.2 Å². The molecule has 1 atom stereocenters. The van der Waals surface area contributed by atoms with Crippen LogP contribution >= 0.6 is 0 Å². The number of anilines is 1. The Bertz CT molecular complexity index is 945. The molecule has 28 heavy (non-hydrogen) atoms. The van der Waals surface area contributed by atoms with E-state index >= 15 is 0 Å². The minimum atomic E-state index is -3.75. The summed E-state index contributed by atoms with van der Waals surface area (Å²) in [6.45, 7) is 2.04. The molecule has 0 saturated carbocycles. The number of carbonyl (C=O) groups excluding carboxylic acids is 1. The monoisotopic (exact) mass is 404 g/mol. The molecule has 0 aromatic heterocycles. The van der Waals surface area contributed by atoms with Crippen molar-refractivity contribution in [3.8, 4) is 5.75 Å². The third-order valence-corrected chi connectivity index (χ3v) is 6.14. The first-order valence-electron chi connectivity index (χ1n) is 9.14. The van der Waals surface area contributed by atoms with Gasteiger partial charge in [0.05, 0.1) is 18.6 Å². The van der Waals surface area contributed by atoms with E-state index in [1.165, 1.54) is 0 Å². The molecule has 3 rings (SSSR count). The number of hydrogen-bond acceptors (Lipinski definition) is 5. The third-order valence-electron chi connectivity index (χ3n) is 4.67. The average Bonchev–Trinajstić information content (AvgIpc) is 2.67. The van der Waals surface area contributed by atoms with Gasteiger partial charge in [0, 0.05) is 17.3 Å². The number of alkyl carbamates (subject to hydrolysis) is 1. The van der Waals surface area contributed by atoms with E-state index in [1.807, 2.05) is 6.07 Å². The zero-order valence-corrected chi connectivity index (χ0v) is 16.7. The van der Waals surface area contributed by atoms with Crippen molar-refractivity contribution in [2.45, 2.75) is 37.1 Å². The van der Waals surface area contributed by atoms with Gasteiger partial charge in [0.25, 0.3) is 10.0 Å². The molecule has 0 unspecified atom stereocenters. The van der Waals surface area contributed by atoms with E-state index in [-0.39, 0.29) is 10.9 Å². The number of amides is 1. The van der Waals surface area contributed by atoms with Crippen molar-refractivity contribution in [2.75, 3.05) is 18.4 Å². The van der Waals surface area contributed by atoms with Crippen LogP contribution in [0.2, 0.25) is 0 Å². The number of fused-ring (bicyclic) bond motifs is 1. The van der Waals surface area contributed by atoms with Crippen LogP contribution in [-0.2, 0) is 27.6 Å². The number of benzene rings is 2. The molecule has 150 valence electrons. The minimum Gasteiger partial charge on any atom is -0.496 e. The third kappa shape index (κ3) is 4.39. The quantitative estimate of drug-likeness (QED) is 0.772. The summed E-state index contributed by atoms with van der Waals surface area (Å²) in [5.41, 5.74) is 2.03. The molecule has 2 aromatic rings. The number of sulfonamides is 1. The predicted molar refractivity (Wildman–Crippen MR) is 106 cm³/mol. The summed E-state index contributed by atoms with van der Waals surface area (Å²) in [6, 6.07) is 11.9. The normalized spacial score (nSPS) is 16.0. The standard InChI is InChI=1S/C20H24N2O5S/c1-3-27-20(23)21-15-9-10-16-17(13-15)18(26-2)11-12-19(16)28(24,25)22-14-7-5-4-6-8-14/h4-8,11-12,15,22H,3,9-10,13H2,1-2H3,(H,21,23)/t15-/m0/s1. The molecular weight excluding hydrogens is 380 g/mol. The summed E-state index contributed by atoms with van der Waals surface area (Å²) in [7, 11) is -2.20. The lowest BCUT2D eigenvalue weighted by atomic mass is 9.87. The van der Waals surface area contributed by atoms with E-state index < -0.39 is 16.1 Å². The number of rotatable bonds is 6. The van der Waals surface area contributed by atoms with Crippen LogP contribution in [0.3, 0.4) is 0 Å². The van der Waals surface area contributed by atoms with Crippen LogP contribution < -0.4 is 14.8 Å². The molecular formula is C20H24N2O5S. The van der Waals surface area contributed by atoms with Crippen molar-refractivity contribution in [1.82, 2.24) is 5.32 Å². The summed E-state index contributed by atoms with van der Waals surface area (Å²) in [6.07, 6.45) is 1.14. The van der Waals surface area contributed by atoms with Crippen molar-refractivity contribution >= 4 is 21.8 Å². The molecule has 0 fully saturated rings. The van der Waals surface area contributed by atoms with Gasteiger partial charge in [-0.25, -0.2) is 13.2 Å². The van der Waals surface area contributed by atoms with E-state index in [9.17, 15) is 13.2 Å². The van der Waals surface area contributed by atoms with Crippen LogP contribution in [0.25, 0.3) is 0 Å². The van der Waals surface area contributed by atoms with Crippen LogP contribution in [0.5, 0.6) is 5.75 Å². The molecule has 2 N–H and O–H groups in total. The van der Waals surface area contributed by atoms with Gasteiger partial charge in [-0.3, -0.25) is 4.72 Å². The molecule has 1 aliphatic rings. The van der Waals surface area contributed by atoms with Crippen molar-refractivity contribution in [1.29, 1.82) is 0 Å². The minimum absolute atomic E-state index is 0.138. The molecule has 0 aliphatic heterocycles. The fraction of sp³-hybridized carbons (Fsp3) is 0.350. The van der Waals surface area contributed by atoms with E-state index in [4.69, 9.17) is 9.47 Å². The number of ether oxygens (including phenoxy) is 2. The lowest BCUT2D eigenvalue weighted by Crippen LogP contribution is -2.39. The maximum atomic E-state index is 13.0. The van der Waals surface area contributed by atoms with Gasteiger partial charge in [-0.2, -0.15) is 0 Å². The highest BCUT2D eigenvalue weighted by molar-refractivity contribution is 7.92. The van der Waals surface area contributed by atoms with E-state index in [1.54, 1.807) is 50.4 Å². The molecule has 0 spiro atoms. The first kappa shape index (κ1) is 20.0. The highest BCUT2D eigenvalue weighted by Crippen LogP contribution is 2.35. The highest BCUT2D eigenvalue weighted by Gasteiger charge is 2.29. The Labute approximate surface area is 165 Å². The zero-order valence-electron chi connectivity index (χ0n) is 15.9. The fourth-order valence-electron chi connectivity index (χ4n) is 3.44. The Kier molecular flexibility index (Phi) is 6.08. The molecule has 0 heterocycles. The Balaban J connectivity index is 1.91. The Morgan fingerprint density at radius 2 is 1.89 bits per heavy atom. The van der Waals surface area contributed by atoms with Gasteiger partial charge < -0.3 is 14.8 Å². The molecule has 0 saturated heterocycles. The highest BCUT2D eigenvalue weighted by atomic mass is 32.2. The van der Waals surface area contributed by atoms with Crippen LogP contribution in [0, 0.1) is 0 Å². The average molecular weight is 404 g/mol. The van der Waals surface area contributed by atoms with Gasteiger partial charge >= 0.3 is 6.09 Å². The van der Waals surface area contributed by atoms with Crippen LogP contribution in [0.1, 0.15) is 24.5 Å². The number of nitrogens with one attached hydrogen (secondary N) is 2. The summed E-state index contributed by atoms with van der Waals surface area (Å²) < 4.78 is 39.0. The molecule has 7 nitrogen and oxygen atoms in total. The summed E-state index contributed by atoms with van der Waals surface area (Å²) in [4.78, 5) is 12.0. The zero-order chi connectivity index (χ0) is 20.1. The number of methoxy groups -OCH3 is 1. The van der Waals surface area contributed by atoms with Crippen molar-refractivity contribution in [3.05, 3.63) is 53.6 Å². The predicted octanol–water partition coefficient (Wildman–Crippen LogP) is 3.10. The first-order valence-corrected chi connectivity index (χ1v) is 10.6. The molecule has 2 aromatic carbocycles. The molecule has 0 bridgehead atoms. The molecule has 1 aliphatic carbocycles. The maximum Gasteiger partial charge on any atom is 0.407 e. The largest absolute Gasteiger partial charge is 0.496 e. The van der Waals surface area contributed by atoms with Gasteiger partial charge in [0.1, 0.15) is 5.75 Å². The summed E-state index contributed by atoms with van der Waals surface area (Å²) in [5, 5.41) is 2.83. The SMILES string of the molecule is CCOC(=O)N[C@H]1CCc2c(S(=O)(=O)Nc3ccccc3)ccc(OC)c2C1. The van der Waals surface area contributed by atoms with Gasteiger partial charge in [0.2, 0.25) is 0 Å². The van der Waals surface area contributed by atoms with Crippen molar-refractivity contribution in [2.24, 2.45) is 0 Å². The molecule has 1 amide bonds. The van der Waals surface area contributed by atoms with E-state index in [0.29, 0.717) is 37.3 Å². The van der Waals surface area contributed by atoms with Gasteiger partial charge in [0.15, 0.2) is 0 Å². The van der Waals surface area contributed by atoms with E-state index in [2.05, 4.69) is 10.0 Å². The second-order valence-electron chi connectivity index (χ2n) is 6.50. The Hall–Kier alpha value is -2.74. The van der Waals surface area contributed by atoms with Gasteiger partial charge in [-0.15, -0.1) is 0 Å². The number of para-hydroxylation sites is 1. The topological polar surface area (TPSA) is 93.7 Å². The molecule has 8 heteroatoms. The smallest absolute Gasteiger partial charge is 0.407 e. The fourth-order valence-corrected chi connectivity index (χ4v) is 4.79. The summed E-state index contributed by atoms with van der Waals surface area (Å²) in [5.74, 6) is 0.615. The van der Waals surface area contributed by atoms with Crippen molar-refractivity contribution < 1.29 is 22.7 Å². The Morgan fingerprint density at radius 1 is 1.14 bits per heavy atom. The van der Waals surface area contributed by atoms with Crippen LogP contribution in [-0.4, -0.2) is 34.3 Å². The lowest BCUT2D eigenvalue weighted by molar-refractivity contribution is 0.147. The van der Waals surface area contributed by atoms with Crippen molar-refractivity contribution in [3.63, 3.8) is 0 Å². The van der Waals surface area contributed by atoms with Crippen LogP contribution in [0.15, 0.2) is 47.4 Å². The Morgan fingerprint density at radius 3 is 2.57 bits per heavy atom. The first-order chi connectivity index (χ1) is 13.4. The second kappa shape index (κ2) is 8.52. The number of carbonyl (C=O) groups is 1. The number of hydrogen-bond donors (Lipinski definition) is 2.